The van der Waals surface area contributed by atoms with Gasteiger partial charge in [-0.15, -0.1) is 0 Å². The van der Waals surface area contributed by atoms with Crippen molar-refractivity contribution in [3.63, 3.8) is 0 Å². The molecule has 13 heteroatoms. The first-order valence-electron chi connectivity index (χ1n) is 19.8. The maximum absolute atomic E-state index is 13.5. The Morgan fingerprint density at radius 1 is 0.983 bits per heavy atom. The van der Waals surface area contributed by atoms with Crippen molar-refractivity contribution in [1.29, 1.82) is 0 Å². The first kappa shape index (κ1) is 41.6. The molecular formula is C46H50Cl2N6O5. The number of aromatic carboxylic acids is 1. The number of hydrogen-bond donors (Lipinski definition) is 1. The number of carbonyl (C=O) groups excluding carboxylic acids is 1. The maximum atomic E-state index is 13.5. The van der Waals surface area contributed by atoms with Crippen LogP contribution in [0.15, 0.2) is 66.9 Å². The lowest BCUT2D eigenvalue weighted by atomic mass is 9.89. The predicted octanol–water partition coefficient (Wildman–Crippen LogP) is 9.65. The number of benzene rings is 3. The van der Waals surface area contributed by atoms with E-state index in [4.69, 9.17) is 37.8 Å². The Kier molecular flexibility index (Phi) is 12.0. The molecule has 1 aliphatic heterocycles. The van der Waals surface area contributed by atoms with Crippen LogP contribution in [0.3, 0.4) is 0 Å². The molecule has 2 unspecified atom stereocenters. The number of carboxylic acids is 1. The molecule has 59 heavy (non-hydrogen) atoms. The van der Waals surface area contributed by atoms with Crippen molar-refractivity contribution in [3.05, 3.63) is 116 Å². The quantitative estimate of drug-likeness (QED) is 0.0798. The highest BCUT2D eigenvalue weighted by atomic mass is 35.5. The summed E-state index contributed by atoms with van der Waals surface area (Å²) in [6.45, 7) is 11.3. The lowest BCUT2D eigenvalue weighted by Crippen LogP contribution is -2.47. The molecule has 0 spiro atoms. The molecule has 3 aromatic heterocycles. The molecule has 1 aliphatic rings. The Hall–Kier alpha value is -5.52. The third kappa shape index (κ3) is 7.98. The number of carboxylic acid groups (broad SMARTS) is 1. The van der Waals surface area contributed by atoms with Crippen molar-refractivity contribution in [2.75, 3.05) is 30.0 Å². The summed E-state index contributed by atoms with van der Waals surface area (Å²) in [5.74, 6) is 0.193. The van der Waals surface area contributed by atoms with Gasteiger partial charge in [0.1, 0.15) is 30.1 Å². The van der Waals surface area contributed by atoms with Crippen LogP contribution in [0.1, 0.15) is 69.9 Å². The molecule has 6 aromatic rings. The number of anilines is 2. The zero-order chi connectivity index (χ0) is 42.3. The minimum atomic E-state index is -1.02. The van der Waals surface area contributed by atoms with E-state index in [1.165, 1.54) is 0 Å². The van der Waals surface area contributed by atoms with Gasteiger partial charge in [-0.1, -0.05) is 35.3 Å². The van der Waals surface area contributed by atoms with Crippen molar-refractivity contribution >= 4 is 57.7 Å². The van der Waals surface area contributed by atoms with E-state index in [-0.39, 0.29) is 24.3 Å². The van der Waals surface area contributed by atoms with Gasteiger partial charge in [-0.25, -0.2) is 4.79 Å². The van der Waals surface area contributed by atoms with Crippen LogP contribution in [0.2, 0.25) is 10.0 Å². The Labute approximate surface area is 355 Å². The largest absolute Gasteiger partial charge is 0.494 e. The van der Waals surface area contributed by atoms with Gasteiger partial charge >= 0.3 is 5.97 Å². The van der Waals surface area contributed by atoms with E-state index in [1.807, 2.05) is 95.0 Å². The number of likely N-dealkylation sites (N-methyl/N-ethyl adjacent to an activating group) is 1. The Morgan fingerprint density at radius 2 is 1.71 bits per heavy atom. The van der Waals surface area contributed by atoms with E-state index in [2.05, 4.69) is 27.8 Å². The number of aromatic nitrogens is 4. The van der Waals surface area contributed by atoms with E-state index in [1.54, 1.807) is 23.9 Å². The fourth-order valence-electron chi connectivity index (χ4n) is 8.80. The van der Waals surface area contributed by atoms with Crippen molar-refractivity contribution in [2.24, 2.45) is 14.1 Å². The average Bonchev–Trinajstić information content (AvgIpc) is 3.81. The SMILES string of the molecule is Cc1cc(OCCCC2c3ccc(Cl)c(-c4c(C)nn(C)c4C)c3N([C@H](C)CN(C)c3cc(OCc4ccccn4)cc4cc(C(=O)O)n(C)c34)C2C=O)cc(C)c1Cl. The minimum Gasteiger partial charge on any atom is -0.494 e. The molecule has 4 heterocycles. The van der Waals surface area contributed by atoms with Crippen LogP contribution >= 0.6 is 23.2 Å². The van der Waals surface area contributed by atoms with E-state index in [9.17, 15) is 14.7 Å². The molecule has 0 saturated carbocycles. The lowest BCUT2D eigenvalue weighted by Gasteiger charge is -2.36. The van der Waals surface area contributed by atoms with Crippen LogP contribution in [-0.4, -0.2) is 69.0 Å². The number of hydrogen-bond acceptors (Lipinski definition) is 8. The molecule has 0 aliphatic carbocycles. The summed E-state index contributed by atoms with van der Waals surface area (Å²) in [4.78, 5) is 34.5. The third-order valence-corrected chi connectivity index (χ3v) is 12.5. The molecule has 0 amide bonds. The zero-order valence-corrected chi connectivity index (χ0v) is 36.2. The molecule has 7 rings (SSSR count). The summed E-state index contributed by atoms with van der Waals surface area (Å²) >= 11 is 13.6. The van der Waals surface area contributed by atoms with Crippen molar-refractivity contribution in [2.45, 2.75) is 72.1 Å². The Morgan fingerprint density at radius 3 is 2.36 bits per heavy atom. The number of ether oxygens (including phenoxy) is 2. The van der Waals surface area contributed by atoms with E-state index in [0.717, 1.165) is 84.2 Å². The standard InChI is InChI=1S/C46H50Cl2N6O5/c1-26-18-33(19-27(2)43(26)48)58-17-11-13-35-36-14-15-37(47)42(41-29(4)50-53(8)30(41)5)45(36)54(40(35)24-55)28(3)23-51(6)38-22-34(59-25-32-12-9-10-16-49-32)20-31-21-39(46(56)57)52(7)44(31)38/h9-10,12,14-16,18-22,24,28,35,40H,11,13,17,23,25H2,1-8H3,(H,56,57)/t28-,35?,40?/m1/s1. The second kappa shape index (κ2) is 17.0. The average molecular weight is 838 g/mol. The van der Waals surface area contributed by atoms with Gasteiger partial charge in [-0.2, -0.15) is 5.10 Å². The molecular weight excluding hydrogens is 787 g/mol. The van der Waals surface area contributed by atoms with Gasteiger partial charge in [-0.3, -0.25) is 9.67 Å². The highest BCUT2D eigenvalue weighted by molar-refractivity contribution is 6.34. The zero-order valence-electron chi connectivity index (χ0n) is 34.7. The van der Waals surface area contributed by atoms with Gasteiger partial charge in [0.25, 0.3) is 0 Å². The maximum Gasteiger partial charge on any atom is 0.352 e. The number of nitrogens with zero attached hydrogens (tertiary/aromatic N) is 6. The van der Waals surface area contributed by atoms with Gasteiger partial charge in [0.15, 0.2) is 0 Å². The van der Waals surface area contributed by atoms with Crippen LogP contribution in [0.4, 0.5) is 11.4 Å². The van der Waals surface area contributed by atoms with E-state index >= 15 is 0 Å². The predicted molar refractivity (Wildman–Crippen MR) is 235 cm³/mol. The van der Waals surface area contributed by atoms with Crippen LogP contribution in [0.5, 0.6) is 11.5 Å². The molecule has 3 atom stereocenters. The summed E-state index contributed by atoms with van der Waals surface area (Å²) in [6.07, 6.45) is 4.20. The van der Waals surface area contributed by atoms with E-state index in [0.29, 0.717) is 36.8 Å². The van der Waals surface area contributed by atoms with Gasteiger partial charge in [0.2, 0.25) is 0 Å². The molecule has 11 nitrogen and oxygen atoms in total. The fraction of sp³-hybridized carbons (Fsp3) is 0.348. The van der Waals surface area contributed by atoms with Crippen molar-refractivity contribution < 1.29 is 24.2 Å². The van der Waals surface area contributed by atoms with Crippen molar-refractivity contribution in [1.82, 2.24) is 19.3 Å². The lowest BCUT2D eigenvalue weighted by molar-refractivity contribution is -0.109. The van der Waals surface area contributed by atoms with Gasteiger partial charge in [-0.05, 0) is 107 Å². The topological polar surface area (TPSA) is 115 Å². The highest BCUT2D eigenvalue weighted by Crippen LogP contribution is 2.52. The molecule has 0 bridgehead atoms. The fourth-order valence-corrected chi connectivity index (χ4v) is 9.16. The number of carbonyl (C=O) groups is 2. The molecule has 0 radical (unpaired) electrons. The number of aldehydes is 1. The van der Waals surface area contributed by atoms with E-state index < -0.39 is 12.0 Å². The number of pyridine rings is 1. The summed E-state index contributed by atoms with van der Waals surface area (Å²) < 4.78 is 16.0. The van der Waals surface area contributed by atoms with Crippen LogP contribution in [-0.2, 0) is 25.5 Å². The molecule has 0 fully saturated rings. The summed E-state index contributed by atoms with van der Waals surface area (Å²) in [5, 5.41) is 16.9. The molecule has 1 N–H and O–H groups in total. The molecule has 3 aromatic carbocycles. The van der Waals surface area contributed by atoms with Crippen LogP contribution < -0.4 is 19.3 Å². The monoisotopic (exact) mass is 836 g/mol. The number of fused-ring (bicyclic) bond motifs is 2. The van der Waals surface area contributed by atoms with Gasteiger partial charge < -0.3 is 33.7 Å². The number of halogens is 2. The Balaban J connectivity index is 1.25. The first-order chi connectivity index (χ1) is 28.2. The second-order valence-electron chi connectivity index (χ2n) is 15.6. The summed E-state index contributed by atoms with van der Waals surface area (Å²) in [6, 6.07) is 18.3. The minimum absolute atomic E-state index is 0.137. The normalized spacial score (nSPS) is 15.4. The number of rotatable bonds is 15. The molecule has 0 saturated heterocycles. The van der Waals surface area contributed by atoms with Crippen LogP contribution in [0.25, 0.3) is 22.0 Å². The molecule has 308 valence electrons. The number of aryl methyl sites for hydroxylation is 5. The second-order valence-corrected chi connectivity index (χ2v) is 16.4. The smallest absolute Gasteiger partial charge is 0.352 e. The van der Waals surface area contributed by atoms with Gasteiger partial charge in [0, 0.05) is 79.1 Å². The first-order valence-corrected chi connectivity index (χ1v) is 20.5. The van der Waals surface area contributed by atoms with Gasteiger partial charge in [0.05, 0.1) is 46.0 Å². The van der Waals surface area contributed by atoms with Crippen LogP contribution in [0, 0.1) is 27.7 Å². The third-order valence-electron chi connectivity index (χ3n) is 11.6. The highest BCUT2D eigenvalue weighted by Gasteiger charge is 2.43. The Bertz CT molecular complexity index is 2530. The van der Waals surface area contributed by atoms with Crippen molar-refractivity contribution in [3.8, 4) is 22.6 Å². The summed E-state index contributed by atoms with van der Waals surface area (Å²) in [5.41, 5.74) is 10.0. The summed E-state index contributed by atoms with van der Waals surface area (Å²) in [7, 11) is 5.67.